The lowest BCUT2D eigenvalue weighted by Gasteiger charge is -1.97. The van der Waals surface area contributed by atoms with E-state index in [1.807, 2.05) is 12.1 Å². The SMILES string of the molecule is CCc1cccc(SN=N)c1. The topological polar surface area (TPSA) is 36.2 Å². The lowest BCUT2D eigenvalue weighted by atomic mass is 10.2. The Balaban J connectivity index is 2.82. The number of rotatable bonds is 3. The summed E-state index contributed by atoms with van der Waals surface area (Å²) in [6.07, 6.45) is 1.03. The summed E-state index contributed by atoms with van der Waals surface area (Å²) >= 11 is 1.20. The van der Waals surface area contributed by atoms with E-state index in [4.69, 9.17) is 5.53 Å². The number of hydrogen-bond acceptors (Lipinski definition) is 3. The van der Waals surface area contributed by atoms with Crippen molar-refractivity contribution in [3.05, 3.63) is 29.8 Å². The molecule has 58 valence electrons. The molecule has 0 radical (unpaired) electrons. The average molecular weight is 166 g/mol. The minimum atomic E-state index is 1.03. The molecule has 0 spiro atoms. The van der Waals surface area contributed by atoms with Crippen LogP contribution in [0.5, 0.6) is 0 Å². The molecule has 0 saturated carbocycles. The van der Waals surface area contributed by atoms with Gasteiger partial charge in [-0.25, -0.2) is 0 Å². The molecule has 1 aromatic carbocycles. The van der Waals surface area contributed by atoms with Gasteiger partial charge in [0, 0.05) is 16.8 Å². The smallest absolute Gasteiger partial charge is 0.0335 e. The van der Waals surface area contributed by atoms with E-state index in [1.54, 1.807) is 0 Å². The largest absolute Gasteiger partial charge is 0.197 e. The van der Waals surface area contributed by atoms with Gasteiger partial charge in [0.1, 0.15) is 0 Å². The normalized spacial score (nSPS) is 9.55. The first-order valence-electron chi connectivity index (χ1n) is 3.49. The quantitative estimate of drug-likeness (QED) is 0.543. The second-order valence-corrected chi connectivity index (χ2v) is 3.02. The van der Waals surface area contributed by atoms with Gasteiger partial charge in [-0.15, -0.1) is 4.52 Å². The van der Waals surface area contributed by atoms with Crippen LogP contribution >= 0.6 is 11.9 Å². The number of nitrogens with zero attached hydrogens (tertiary/aromatic N) is 1. The highest BCUT2D eigenvalue weighted by molar-refractivity contribution is 7.97. The minimum absolute atomic E-state index is 1.03. The summed E-state index contributed by atoms with van der Waals surface area (Å²) in [6, 6.07) is 8.09. The molecule has 0 saturated heterocycles. The van der Waals surface area contributed by atoms with Gasteiger partial charge in [-0.05, 0) is 24.1 Å². The number of aryl methyl sites for hydroxylation is 1. The van der Waals surface area contributed by atoms with Gasteiger partial charge >= 0.3 is 0 Å². The number of nitrogens with one attached hydrogen (secondary N) is 1. The van der Waals surface area contributed by atoms with Gasteiger partial charge in [-0.1, -0.05) is 19.1 Å². The van der Waals surface area contributed by atoms with Crippen LogP contribution in [-0.4, -0.2) is 0 Å². The zero-order valence-electron chi connectivity index (χ0n) is 6.37. The molecular weight excluding hydrogens is 156 g/mol. The lowest BCUT2D eigenvalue weighted by molar-refractivity contribution is 1.12. The minimum Gasteiger partial charge on any atom is -0.197 e. The fourth-order valence-corrected chi connectivity index (χ4v) is 1.32. The highest BCUT2D eigenvalue weighted by Gasteiger charge is 1.92. The Morgan fingerprint density at radius 1 is 1.55 bits per heavy atom. The van der Waals surface area contributed by atoms with Gasteiger partial charge in [0.2, 0.25) is 0 Å². The molecule has 0 aliphatic carbocycles. The van der Waals surface area contributed by atoms with Gasteiger partial charge in [0.25, 0.3) is 0 Å². The molecular formula is C8H10N2S. The Labute approximate surface area is 70.7 Å². The molecule has 3 heteroatoms. The summed E-state index contributed by atoms with van der Waals surface area (Å²) in [6.45, 7) is 2.11. The van der Waals surface area contributed by atoms with Crippen molar-refractivity contribution in [3.8, 4) is 0 Å². The molecule has 1 N–H and O–H groups in total. The van der Waals surface area contributed by atoms with Crippen molar-refractivity contribution in [3.63, 3.8) is 0 Å². The van der Waals surface area contributed by atoms with Crippen LogP contribution in [-0.2, 0) is 6.42 Å². The fourth-order valence-electron chi connectivity index (χ4n) is 0.875. The average Bonchev–Trinajstić information content (AvgIpc) is 2.06. The van der Waals surface area contributed by atoms with Crippen LogP contribution in [0.1, 0.15) is 12.5 Å². The van der Waals surface area contributed by atoms with Gasteiger partial charge in [0.05, 0.1) is 0 Å². The summed E-state index contributed by atoms with van der Waals surface area (Å²) < 4.78 is 3.25. The van der Waals surface area contributed by atoms with Crippen LogP contribution in [0.25, 0.3) is 0 Å². The van der Waals surface area contributed by atoms with Gasteiger partial charge in [0.15, 0.2) is 0 Å². The van der Waals surface area contributed by atoms with Crippen molar-refractivity contribution >= 4 is 11.9 Å². The Morgan fingerprint density at radius 3 is 3.00 bits per heavy atom. The fraction of sp³-hybridized carbons (Fsp3) is 0.250. The van der Waals surface area contributed by atoms with Gasteiger partial charge in [-0.2, -0.15) is 5.53 Å². The molecule has 1 aromatic rings. The molecule has 0 aliphatic heterocycles. The summed E-state index contributed by atoms with van der Waals surface area (Å²) in [5.41, 5.74) is 7.95. The third-order valence-corrected chi connectivity index (χ3v) is 2.01. The second kappa shape index (κ2) is 4.13. The molecule has 0 fully saturated rings. The van der Waals surface area contributed by atoms with E-state index in [-0.39, 0.29) is 0 Å². The van der Waals surface area contributed by atoms with Gasteiger partial charge < -0.3 is 0 Å². The Kier molecular flexibility index (Phi) is 3.11. The predicted octanol–water partition coefficient (Wildman–Crippen LogP) is 3.29. The van der Waals surface area contributed by atoms with E-state index < -0.39 is 0 Å². The number of benzene rings is 1. The van der Waals surface area contributed by atoms with Crippen molar-refractivity contribution in [2.45, 2.75) is 18.2 Å². The second-order valence-electron chi connectivity index (χ2n) is 2.18. The molecule has 0 amide bonds. The molecule has 11 heavy (non-hydrogen) atoms. The Hall–Kier alpha value is -0.830. The third-order valence-electron chi connectivity index (χ3n) is 1.46. The van der Waals surface area contributed by atoms with Crippen molar-refractivity contribution in [2.24, 2.45) is 4.52 Å². The van der Waals surface area contributed by atoms with E-state index in [0.29, 0.717) is 0 Å². The van der Waals surface area contributed by atoms with E-state index in [0.717, 1.165) is 11.3 Å². The van der Waals surface area contributed by atoms with E-state index in [1.165, 1.54) is 17.5 Å². The van der Waals surface area contributed by atoms with Crippen LogP contribution in [0.3, 0.4) is 0 Å². The molecule has 0 aliphatic rings. The first kappa shape index (κ1) is 8.27. The van der Waals surface area contributed by atoms with Crippen LogP contribution < -0.4 is 0 Å². The predicted molar refractivity (Wildman–Crippen MR) is 46.8 cm³/mol. The zero-order valence-corrected chi connectivity index (χ0v) is 7.19. The summed E-state index contributed by atoms with van der Waals surface area (Å²) in [5, 5.41) is 0. The van der Waals surface area contributed by atoms with Crippen LogP contribution in [0, 0.1) is 5.53 Å². The van der Waals surface area contributed by atoms with E-state index in [2.05, 4.69) is 23.6 Å². The van der Waals surface area contributed by atoms with Crippen molar-refractivity contribution in [1.82, 2.24) is 0 Å². The maximum Gasteiger partial charge on any atom is 0.0335 e. The maximum absolute atomic E-state index is 6.66. The summed E-state index contributed by atoms with van der Waals surface area (Å²) in [7, 11) is 0. The molecule has 0 aromatic heterocycles. The molecule has 0 bridgehead atoms. The standard InChI is InChI=1S/C8H10N2S/c1-2-7-4-3-5-8(6-7)11-10-9/h3-6,9H,2H2,1H3. The van der Waals surface area contributed by atoms with Crippen LogP contribution in [0.4, 0.5) is 0 Å². The molecule has 0 unspecified atom stereocenters. The summed E-state index contributed by atoms with van der Waals surface area (Å²) in [5.74, 6) is 0. The Morgan fingerprint density at radius 2 is 2.36 bits per heavy atom. The van der Waals surface area contributed by atoms with Gasteiger partial charge in [-0.3, -0.25) is 0 Å². The lowest BCUT2D eigenvalue weighted by Crippen LogP contribution is -1.78. The van der Waals surface area contributed by atoms with E-state index >= 15 is 0 Å². The first-order chi connectivity index (χ1) is 5.36. The number of hydrogen-bond donors (Lipinski definition) is 1. The molecule has 1 rings (SSSR count). The zero-order chi connectivity index (χ0) is 8.10. The van der Waals surface area contributed by atoms with Crippen LogP contribution in [0.15, 0.2) is 33.7 Å². The van der Waals surface area contributed by atoms with Crippen molar-refractivity contribution in [1.29, 1.82) is 5.53 Å². The molecule has 0 heterocycles. The first-order valence-corrected chi connectivity index (χ1v) is 4.27. The molecule has 2 nitrogen and oxygen atoms in total. The Bertz CT molecular complexity index is 248. The highest BCUT2D eigenvalue weighted by atomic mass is 32.2. The van der Waals surface area contributed by atoms with E-state index in [9.17, 15) is 0 Å². The summed E-state index contributed by atoms with van der Waals surface area (Å²) in [4.78, 5) is 1.04. The maximum atomic E-state index is 6.66. The van der Waals surface area contributed by atoms with Crippen LogP contribution in [0.2, 0.25) is 0 Å². The molecule has 0 atom stereocenters. The van der Waals surface area contributed by atoms with Crippen molar-refractivity contribution in [2.75, 3.05) is 0 Å². The van der Waals surface area contributed by atoms with Crippen molar-refractivity contribution < 1.29 is 0 Å². The highest BCUT2D eigenvalue weighted by Crippen LogP contribution is 2.19. The monoisotopic (exact) mass is 166 g/mol. The third kappa shape index (κ3) is 2.35.